The van der Waals surface area contributed by atoms with Crippen LogP contribution in [0.4, 0.5) is 0 Å². The summed E-state index contributed by atoms with van der Waals surface area (Å²) >= 11 is 0. The monoisotopic (exact) mass is 776 g/mol. The lowest BCUT2D eigenvalue weighted by Crippen LogP contribution is -1.96. The smallest absolute Gasteiger partial charge is 0.160 e. The van der Waals surface area contributed by atoms with Crippen LogP contribution in [0.15, 0.2) is 223 Å². The van der Waals surface area contributed by atoms with Crippen molar-refractivity contribution >= 4 is 54.3 Å². The van der Waals surface area contributed by atoms with Gasteiger partial charge in [0, 0.05) is 27.5 Å². The molecule has 284 valence electrons. The maximum absolute atomic E-state index is 6.20. The van der Waals surface area contributed by atoms with Crippen LogP contribution in [-0.4, -0.2) is 9.97 Å². The van der Waals surface area contributed by atoms with E-state index >= 15 is 0 Å². The molecule has 3 nitrogen and oxygen atoms in total. The molecule has 0 aliphatic carbocycles. The highest BCUT2D eigenvalue weighted by Crippen LogP contribution is 2.40. The molecule has 0 unspecified atom stereocenters. The summed E-state index contributed by atoms with van der Waals surface area (Å²) in [6.07, 6.45) is 0. The fourth-order valence-electron chi connectivity index (χ4n) is 9.03. The molecule has 0 aliphatic heterocycles. The molecule has 0 N–H and O–H groups in total. The van der Waals surface area contributed by atoms with E-state index in [2.05, 4.69) is 188 Å². The summed E-state index contributed by atoms with van der Waals surface area (Å²) in [7, 11) is 0. The minimum absolute atomic E-state index is 0.684. The zero-order valence-electron chi connectivity index (χ0n) is 33.1. The number of nitrogens with zero attached hydrogens (tertiary/aromatic N) is 2. The Morgan fingerprint density at radius 2 is 0.656 bits per heavy atom. The van der Waals surface area contributed by atoms with Gasteiger partial charge in [-0.2, -0.15) is 0 Å². The van der Waals surface area contributed by atoms with E-state index in [4.69, 9.17) is 14.4 Å². The van der Waals surface area contributed by atoms with E-state index in [9.17, 15) is 0 Å². The number of rotatable bonds is 6. The zero-order chi connectivity index (χ0) is 40.3. The van der Waals surface area contributed by atoms with Gasteiger partial charge in [0.2, 0.25) is 0 Å². The Bertz CT molecular complexity index is 3590. The number of aromatic nitrogens is 2. The summed E-state index contributed by atoms with van der Waals surface area (Å²) in [6, 6.07) is 77.6. The zero-order valence-corrected chi connectivity index (χ0v) is 33.1. The van der Waals surface area contributed by atoms with Gasteiger partial charge in [-0.05, 0) is 114 Å². The van der Waals surface area contributed by atoms with Gasteiger partial charge in [-0.3, -0.25) is 0 Å². The highest BCUT2D eigenvalue weighted by atomic mass is 16.3. The molecule has 0 atom stereocenters. The molecule has 10 aromatic carbocycles. The van der Waals surface area contributed by atoms with E-state index in [0.29, 0.717) is 5.82 Å². The predicted octanol–water partition coefficient (Wildman–Crippen LogP) is 15.8. The fraction of sp³-hybridized carbons (Fsp3) is 0. The third-order valence-corrected chi connectivity index (χ3v) is 12.1. The number of hydrogen-bond acceptors (Lipinski definition) is 3. The van der Waals surface area contributed by atoms with Crippen LogP contribution in [0.1, 0.15) is 0 Å². The Balaban J connectivity index is 0.988. The Labute approximate surface area is 352 Å². The van der Waals surface area contributed by atoms with Gasteiger partial charge in [-0.15, -0.1) is 0 Å². The lowest BCUT2D eigenvalue weighted by Gasteiger charge is -2.14. The molecule has 0 spiro atoms. The molecule has 3 heteroatoms. The Hall–Kier alpha value is -8.14. The molecule has 2 aromatic heterocycles. The molecular formula is C58H36N2O. The summed E-state index contributed by atoms with van der Waals surface area (Å²) in [4.78, 5) is 10.5. The highest BCUT2D eigenvalue weighted by molar-refractivity contribution is 6.25. The van der Waals surface area contributed by atoms with Crippen LogP contribution in [-0.2, 0) is 0 Å². The SMILES string of the molecule is c1ccc(-c2cc(-c3ccc4oc5ccccc5c4c3)cc(-c3cc(-c4ccc(-c5ccc6c7ccccc7c7ccccc7c6c5)cc4)nc(-c4ccccc4)n3)c2)cc1. The third-order valence-electron chi connectivity index (χ3n) is 12.1. The lowest BCUT2D eigenvalue weighted by atomic mass is 9.92. The van der Waals surface area contributed by atoms with E-state index in [1.54, 1.807) is 0 Å². The molecule has 0 bridgehead atoms. The van der Waals surface area contributed by atoms with Gasteiger partial charge in [0.25, 0.3) is 0 Å². The van der Waals surface area contributed by atoms with Crippen molar-refractivity contribution in [2.45, 2.75) is 0 Å². The van der Waals surface area contributed by atoms with Crippen LogP contribution in [0.25, 0.3) is 122 Å². The largest absolute Gasteiger partial charge is 0.456 e. The second kappa shape index (κ2) is 14.3. The number of furan rings is 1. The Morgan fingerprint density at radius 3 is 1.34 bits per heavy atom. The van der Waals surface area contributed by atoms with E-state index in [1.165, 1.54) is 37.9 Å². The van der Waals surface area contributed by atoms with Crippen molar-refractivity contribution in [2.75, 3.05) is 0 Å². The molecule has 0 radical (unpaired) electrons. The van der Waals surface area contributed by atoms with Crippen LogP contribution in [0.3, 0.4) is 0 Å². The van der Waals surface area contributed by atoms with E-state index < -0.39 is 0 Å². The summed E-state index contributed by atoms with van der Waals surface area (Å²) in [5, 5.41) is 9.86. The fourth-order valence-corrected chi connectivity index (χ4v) is 9.03. The molecule has 12 rings (SSSR count). The first-order valence-electron chi connectivity index (χ1n) is 20.7. The summed E-state index contributed by atoms with van der Waals surface area (Å²) < 4.78 is 6.20. The number of fused-ring (bicyclic) bond motifs is 9. The van der Waals surface area contributed by atoms with Crippen molar-refractivity contribution in [2.24, 2.45) is 0 Å². The number of benzene rings is 10. The first-order valence-corrected chi connectivity index (χ1v) is 20.7. The third kappa shape index (κ3) is 6.14. The molecule has 0 saturated heterocycles. The molecule has 2 heterocycles. The maximum Gasteiger partial charge on any atom is 0.160 e. The quantitative estimate of drug-likeness (QED) is 0.158. The van der Waals surface area contributed by atoms with Crippen molar-refractivity contribution in [3.05, 3.63) is 218 Å². The van der Waals surface area contributed by atoms with Gasteiger partial charge in [0.15, 0.2) is 5.82 Å². The standard InChI is InChI=1S/C58H36N2O/c1-3-13-37(14-4-1)43-31-44(42-28-30-57-53(35-42)51-21-11-12-22-56(51)61-57)33-45(32-43)55-36-54(59-58(60-55)40-15-5-2-6-16-40)39-25-23-38(24-26-39)41-27-29-50-48-19-8-7-17-46(48)47-18-9-10-20-49(47)52(50)34-41/h1-36H. The van der Waals surface area contributed by atoms with Gasteiger partial charge in [0.05, 0.1) is 11.4 Å². The van der Waals surface area contributed by atoms with Crippen LogP contribution < -0.4 is 0 Å². The van der Waals surface area contributed by atoms with Gasteiger partial charge < -0.3 is 4.42 Å². The summed E-state index contributed by atoms with van der Waals surface area (Å²) in [5.41, 5.74) is 13.3. The summed E-state index contributed by atoms with van der Waals surface area (Å²) in [5.74, 6) is 0.684. The van der Waals surface area contributed by atoms with Gasteiger partial charge in [0.1, 0.15) is 11.2 Å². The van der Waals surface area contributed by atoms with E-state index in [1.807, 2.05) is 30.3 Å². The van der Waals surface area contributed by atoms with Crippen molar-refractivity contribution < 1.29 is 4.42 Å². The van der Waals surface area contributed by atoms with Crippen molar-refractivity contribution in [3.63, 3.8) is 0 Å². The molecule has 0 amide bonds. The Morgan fingerprint density at radius 1 is 0.230 bits per heavy atom. The number of para-hydroxylation sites is 1. The predicted molar refractivity (Wildman–Crippen MR) is 254 cm³/mol. The molecular weight excluding hydrogens is 741 g/mol. The van der Waals surface area contributed by atoms with Crippen LogP contribution in [0, 0.1) is 0 Å². The van der Waals surface area contributed by atoms with Crippen LogP contribution >= 0.6 is 0 Å². The van der Waals surface area contributed by atoms with Gasteiger partial charge in [-0.25, -0.2) is 9.97 Å². The van der Waals surface area contributed by atoms with Crippen molar-refractivity contribution in [1.82, 2.24) is 9.97 Å². The minimum atomic E-state index is 0.684. The first kappa shape index (κ1) is 34.9. The van der Waals surface area contributed by atoms with E-state index in [0.717, 1.165) is 77.8 Å². The average Bonchev–Trinajstić information content (AvgIpc) is 3.72. The molecule has 12 aromatic rings. The van der Waals surface area contributed by atoms with E-state index in [-0.39, 0.29) is 0 Å². The van der Waals surface area contributed by atoms with Crippen LogP contribution in [0.2, 0.25) is 0 Å². The first-order chi connectivity index (χ1) is 30.2. The molecule has 0 aliphatic rings. The molecule has 0 fully saturated rings. The van der Waals surface area contributed by atoms with Crippen molar-refractivity contribution in [1.29, 1.82) is 0 Å². The second-order valence-electron chi connectivity index (χ2n) is 15.7. The molecule has 0 saturated carbocycles. The lowest BCUT2D eigenvalue weighted by molar-refractivity contribution is 0.669. The normalized spacial score (nSPS) is 11.6. The number of hydrogen-bond donors (Lipinski definition) is 0. The second-order valence-corrected chi connectivity index (χ2v) is 15.7. The summed E-state index contributed by atoms with van der Waals surface area (Å²) in [6.45, 7) is 0. The minimum Gasteiger partial charge on any atom is -0.456 e. The molecule has 61 heavy (non-hydrogen) atoms. The highest BCUT2D eigenvalue weighted by Gasteiger charge is 2.16. The average molecular weight is 777 g/mol. The van der Waals surface area contributed by atoms with Crippen molar-refractivity contribution in [3.8, 4) is 67.3 Å². The van der Waals surface area contributed by atoms with Gasteiger partial charge >= 0.3 is 0 Å². The van der Waals surface area contributed by atoms with Crippen LogP contribution in [0.5, 0.6) is 0 Å². The maximum atomic E-state index is 6.20. The topological polar surface area (TPSA) is 38.9 Å². The Kier molecular flexibility index (Phi) is 8.17. The van der Waals surface area contributed by atoms with Gasteiger partial charge in [-0.1, -0.05) is 170 Å².